The van der Waals surface area contributed by atoms with E-state index in [1.54, 1.807) is 0 Å². The minimum atomic E-state index is -3.09. The average Bonchev–Trinajstić information content (AvgIpc) is 2.95. The molecule has 0 aliphatic heterocycles. The first-order valence-corrected chi connectivity index (χ1v) is 8.65. The van der Waals surface area contributed by atoms with Gasteiger partial charge in [0, 0.05) is 0 Å². The van der Waals surface area contributed by atoms with Crippen LogP contribution in [0.1, 0.15) is 51.4 Å². The molecule has 2 saturated carbocycles. The van der Waals surface area contributed by atoms with Crippen LogP contribution in [0.2, 0.25) is 0 Å². The summed E-state index contributed by atoms with van der Waals surface area (Å²) in [6.45, 7) is 0. The zero-order valence-electron chi connectivity index (χ0n) is 10.7. The zero-order chi connectivity index (χ0) is 13.2. The number of hydrogen-bond donors (Lipinski definition) is 1. The number of carboxylic acid groups (broad SMARTS) is 1. The lowest BCUT2D eigenvalue weighted by Gasteiger charge is -2.22. The summed E-state index contributed by atoms with van der Waals surface area (Å²) in [5, 5.41) is 8.81. The molecule has 0 radical (unpaired) electrons. The van der Waals surface area contributed by atoms with Crippen molar-refractivity contribution in [3.63, 3.8) is 0 Å². The van der Waals surface area contributed by atoms with Crippen LogP contribution in [-0.4, -0.2) is 31.0 Å². The number of rotatable bonds is 6. The number of hydrogen-bond acceptors (Lipinski definition) is 3. The van der Waals surface area contributed by atoms with E-state index in [0.29, 0.717) is 5.92 Å². The van der Waals surface area contributed by atoms with Gasteiger partial charge in [0.05, 0.1) is 17.9 Å². The van der Waals surface area contributed by atoms with E-state index in [4.69, 9.17) is 5.11 Å². The van der Waals surface area contributed by atoms with Crippen LogP contribution >= 0.6 is 0 Å². The average molecular weight is 274 g/mol. The highest BCUT2D eigenvalue weighted by Gasteiger charge is 2.47. The number of carboxylic acids is 1. The van der Waals surface area contributed by atoms with E-state index in [2.05, 4.69) is 0 Å². The quantitative estimate of drug-likeness (QED) is 0.806. The standard InChI is InChI=1S/C13H22O4S/c14-12(15)8-13(6-7-13)10-18(16,17)9-11-4-2-1-3-5-11/h11H,1-10H2,(H,14,15). The van der Waals surface area contributed by atoms with Gasteiger partial charge in [0.2, 0.25) is 0 Å². The minimum absolute atomic E-state index is 0.0108. The molecule has 0 heterocycles. The number of carbonyl (C=O) groups is 1. The molecule has 2 rings (SSSR count). The smallest absolute Gasteiger partial charge is 0.303 e. The van der Waals surface area contributed by atoms with Gasteiger partial charge in [0.25, 0.3) is 0 Å². The van der Waals surface area contributed by atoms with E-state index in [1.165, 1.54) is 6.42 Å². The molecule has 0 unspecified atom stereocenters. The van der Waals surface area contributed by atoms with E-state index in [0.717, 1.165) is 38.5 Å². The van der Waals surface area contributed by atoms with Crippen molar-refractivity contribution in [1.82, 2.24) is 0 Å². The maximum absolute atomic E-state index is 12.1. The van der Waals surface area contributed by atoms with Crippen molar-refractivity contribution in [2.45, 2.75) is 51.4 Å². The summed E-state index contributed by atoms with van der Waals surface area (Å²) >= 11 is 0. The lowest BCUT2D eigenvalue weighted by molar-refractivity contribution is -0.138. The van der Waals surface area contributed by atoms with E-state index in [-0.39, 0.29) is 17.9 Å². The first-order valence-electron chi connectivity index (χ1n) is 6.83. The van der Waals surface area contributed by atoms with Crippen LogP contribution in [-0.2, 0) is 14.6 Å². The van der Waals surface area contributed by atoms with Crippen molar-refractivity contribution in [3.05, 3.63) is 0 Å². The number of aliphatic carboxylic acids is 1. The monoisotopic (exact) mass is 274 g/mol. The molecule has 18 heavy (non-hydrogen) atoms. The fraction of sp³-hybridized carbons (Fsp3) is 0.923. The Hall–Kier alpha value is -0.580. The second kappa shape index (κ2) is 5.19. The molecule has 1 N–H and O–H groups in total. The molecular weight excluding hydrogens is 252 g/mol. The zero-order valence-corrected chi connectivity index (χ0v) is 11.5. The van der Waals surface area contributed by atoms with Crippen molar-refractivity contribution in [2.24, 2.45) is 11.3 Å². The van der Waals surface area contributed by atoms with Gasteiger partial charge in [0.1, 0.15) is 0 Å². The third-order valence-corrected chi connectivity index (χ3v) is 6.26. The SMILES string of the molecule is O=C(O)CC1(CS(=O)(=O)CC2CCCCC2)CC1. The lowest BCUT2D eigenvalue weighted by atomic mass is 9.91. The van der Waals surface area contributed by atoms with Crippen LogP contribution in [0.3, 0.4) is 0 Å². The molecule has 2 aliphatic carbocycles. The van der Waals surface area contributed by atoms with E-state index in [9.17, 15) is 13.2 Å². The highest BCUT2D eigenvalue weighted by Crippen LogP contribution is 2.50. The maximum atomic E-state index is 12.1. The molecule has 0 spiro atoms. The first kappa shape index (κ1) is 13.8. The molecule has 4 nitrogen and oxygen atoms in total. The summed E-state index contributed by atoms with van der Waals surface area (Å²) in [6.07, 6.45) is 7.06. The highest BCUT2D eigenvalue weighted by atomic mass is 32.2. The normalized spacial score (nSPS) is 23.8. The van der Waals surface area contributed by atoms with Crippen LogP contribution in [0, 0.1) is 11.3 Å². The predicted octanol–water partition coefficient (Wildman–Crippen LogP) is 2.24. The van der Waals surface area contributed by atoms with Crippen molar-refractivity contribution in [2.75, 3.05) is 11.5 Å². The van der Waals surface area contributed by atoms with Gasteiger partial charge in [0.15, 0.2) is 9.84 Å². The molecule has 104 valence electrons. The Kier molecular flexibility index (Phi) is 3.99. The van der Waals surface area contributed by atoms with Gasteiger partial charge in [-0.2, -0.15) is 0 Å². The van der Waals surface area contributed by atoms with Gasteiger partial charge in [-0.25, -0.2) is 8.42 Å². The molecule has 0 atom stereocenters. The third kappa shape index (κ3) is 3.97. The minimum Gasteiger partial charge on any atom is -0.481 e. The molecule has 0 aromatic rings. The Morgan fingerprint density at radius 3 is 2.28 bits per heavy atom. The fourth-order valence-electron chi connectivity index (χ4n) is 3.11. The molecule has 0 saturated heterocycles. The summed E-state index contributed by atoms with van der Waals surface area (Å²) in [5.74, 6) is -0.207. The van der Waals surface area contributed by atoms with E-state index in [1.807, 2.05) is 0 Å². The second-order valence-electron chi connectivity index (χ2n) is 6.13. The van der Waals surface area contributed by atoms with Crippen LogP contribution in [0.4, 0.5) is 0 Å². The van der Waals surface area contributed by atoms with Gasteiger partial charge in [-0.3, -0.25) is 4.79 Å². The maximum Gasteiger partial charge on any atom is 0.303 e. The molecule has 2 aliphatic rings. The topological polar surface area (TPSA) is 71.4 Å². The van der Waals surface area contributed by atoms with E-state index >= 15 is 0 Å². The Balaban J connectivity index is 1.89. The Morgan fingerprint density at radius 1 is 1.17 bits per heavy atom. The van der Waals surface area contributed by atoms with Crippen molar-refractivity contribution < 1.29 is 18.3 Å². The van der Waals surface area contributed by atoms with Crippen LogP contribution < -0.4 is 0 Å². The Labute approximate surface area is 109 Å². The fourth-order valence-corrected chi connectivity index (χ4v) is 5.60. The molecule has 5 heteroatoms. The predicted molar refractivity (Wildman–Crippen MR) is 69.1 cm³/mol. The molecule has 2 fully saturated rings. The highest BCUT2D eigenvalue weighted by molar-refractivity contribution is 7.91. The van der Waals surface area contributed by atoms with Crippen molar-refractivity contribution >= 4 is 15.8 Å². The first-order chi connectivity index (χ1) is 8.41. The van der Waals surface area contributed by atoms with Crippen LogP contribution in [0.25, 0.3) is 0 Å². The van der Waals surface area contributed by atoms with Crippen molar-refractivity contribution in [1.29, 1.82) is 0 Å². The Morgan fingerprint density at radius 2 is 1.78 bits per heavy atom. The summed E-state index contributed by atoms with van der Waals surface area (Å²) in [4.78, 5) is 10.7. The van der Waals surface area contributed by atoms with Gasteiger partial charge in [-0.15, -0.1) is 0 Å². The second-order valence-corrected chi connectivity index (χ2v) is 8.24. The largest absolute Gasteiger partial charge is 0.481 e. The van der Waals surface area contributed by atoms with Gasteiger partial charge < -0.3 is 5.11 Å². The summed E-state index contributed by atoms with van der Waals surface area (Å²) < 4.78 is 24.3. The molecule has 0 aromatic heterocycles. The molecule has 0 amide bonds. The molecule has 0 bridgehead atoms. The summed E-state index contributed by atoms with van der Waals surface area (Å²) in [5.41, 5.74) is -0.431. The van der Waals surface area contributed by atoms with Crippen LogP contribution in [0.5, 0.6) is 0 Å². The lowest BCUT2D eigenvalue weighted by Crippen LogP contribution is -2.26. The number of sulfone groups is 1. The summed E-state index contributed by atoms with van der Waals surface area (Å²) in [7, 11) is -3.09. The van der Waals surface area contributed by atoms with E-state index < -0.39 is 21.2 Å². The third-order valence-electron chi connectivity index (χ3n) is 4.22. The Bertz CT molecular complexity index is 403. The summed E-state index contributed by atoms with van der Waals surface area (Å²) in [6, 6.07) is 0. The van der Waals surface area contributed by atoms with Crippen LogP contribution in [0.15, 0.2) is 0 Å². The molecular formula is C13H22O4S. The van der Waals surface area contributed by atoms with Gasteiger partial charge in [-0.1, -0.05) is 19.3 Å². The molecule has 0 aromatic carbocycles. The van der Waals surface area contributed by atoms with Crippen molar-refractivity contribution in [3.8, 4) is 0 Å². The van der Waals surface area contributed by atoms with Gasteiger partial charge >= 0.3 is 5.97 Å². The van der Waals surface area contributed by atoms with Gasteiger partial charge in [-0.05, 0) is 37.0 Å².